The zero-order chi connectivity index (χ0) is 11.1. The Morgan fingerprint density at radius 2 is 2.25 bits per heavy atom. The molecular formula is C11H8BFO3. The van der Waals surface area contributed by atoms with Crippen LogP contribution >= 0.6 is 0 Å². The molecule has 16 heavy (non-hydrogen) atoms. The van der Waals surface area contributed by atoms with Crippen LogP contribution in [0.2, 0.25) is 0 Å². The lowest BCUT2D eigenvalue weighted by Gasteiger charge is -2.05. The molecule has 5 heteroatoms. The number of fused-ring (bicyclic) bond motifs is 1. The maximum absolute atomic E-state index is 13.4. The number of benzene rings is 1. The number of halogens is 1. The van der Waals surface area contributed by atoms with Gasteiger partial charge in [0, 0.05) is 5.56 Å². The number of hydrogen-bond acceptors (Lipinski definition) is 3. The molecule has 2 heterocycles. The van der Waals surface area contributed by atoms with Crippen molar-refractivity contribution in [2.45, 2.75) is 6.61 Å². The van der Waals surface area contributed by atoms with Crippen LogP contribution in [-0.4, -0.2) is 12.1 Å². The normalized spacial score (nSPS) is 14.2. The van der Waals surface area contributed by atoms with Gasteiger partial charge >= 0.3 is 7.12 Å². The maximum Gasteiger partial charge on any atom is 0.491 e. The van der Waals surface area contributed by atoms with E-state index in [0.717, 1.165) is 5.56 Å². The predicted molar refractivity (Wildman–Crippen MR) is 56.5 cm³/mol. The van der Waals surface area contributed by atoms with Crippen molar-refractivity contribution in [3.63, 3.8) is 0 Å². The van der Waals surface area contributed by atoms with Gasteiger partial charge in [-0.25, -0.2) is 4.39 Å². The predicted octanol–water partition coefficient (Wildman–Crippen LogP) is 1.30. The molecule has 1 aliphatic rings. The lowest BCUT2D eigenvalue weighted by Crippen LogP contribution is -2.28. The average Bonchev–Trinajstić information content (AvgIpc) is 2.88. The molecule has 3 rings (SSSR count). The second kappa shape index (κ2) is 3.47. The average molecular weight is 218 g/mol. The van der Waals surface area contributed by atoms with E-state index >= 15 is 0 Å². The third-order valence-electron chi connectivity index (χ3n) is 2.69. The summed E-state index contributed by atoms with van der Waals surface area (Å²) in [6.07, 6.45) is 1.53. The fourth-order valence-corrected chi connectivity index (χ4v) is 1.94. The van der Waals surface area contributed by atoms with Crippen molar-refractivity contribution in [1.82, 2.24) is 0 Å². The van der Waals surface area contributed by atoms with Gasteiger partial charge in [-0.2, -0.15) is 0 Å². The zero-order valence-electron chi connectivity index (χ0n) is 8.31. The first-order valence-corrected chi connectivity index (χ1v) is 4.91. The van der Waals surface area contributed by atoms with Crippen molar-refractivity contribution in [2.75, 3.05) is 0 Å². The molecule has 0 bridgehead atoms. The van der Waals surface area contributed by atoms with Gasteiger partial charge < -0.3 is 14.1 Å². The molecule has 0 fully saturated rings. The van der Waals surface area contributed by atoms with Crippen LogP contribution in [0.1, 0.15) is 5.56 Å². The van der Waals surface area contributed by atoms with Gasteiger partial charge in [0.1, 0.15) is 11.6 Å². The first kappa shape index (κ1) is 9.63. The van der Waals surface area contributed by atoms with Crippen LogP contribution in [0.25, 0.3) is 11.3 Å². The minimum absolute atomic E-state index is 0.271. The number of furan rings is 1. The highest BCUT2D eigenvalue weighted by Gasteiger charge is 2.30. The van der Waals surface area contributed by atoms with Crippen molar-refractivity contribution in [2.24, 2.45) is 0 Å². The van der Waals surface area contributed by atoms with E-state index < -0.39 is 12.9 Å². The minimum atomic E-state index is -1.04. The molecule has 0 aliphatic carbocycles. The fraction of sp³-hybridized carbons (Fsp3) is 0.0909. The summed E-state index contributed by atoms with van der Waals surface area (Å²) in [7, 11) is -1.04. The molecule has 0 saturated heterocycles. The monoisotopic (exact) mass is 218 g/mol. The van der Waals surface area contributed by atoms with E-state index in [1.165, 1.54) is 18.4 Å². The standard InChI is InChI=1S/C11H8BFO3/c13-7-4-8(11-2-1-3-15-11)9-6-16-12(14)10(9)5-7/h1-5,14H,6H2. The molecule has 0 amide bonds. The smallest absolute Gasteiger partial charge is 0.464 e. The molecule has 0 radical (unpaired) electrons. The largest absolute Gasteiger partial charge is 0.491 e. The zero-order valence-corrected chi connectivity index (χ0v) is 8.31. The van der Waals surface area contributed by atoms with Crippen LogP contribution in [0, 0.1) is 5.82 Å². The quantitative estimate of drug-likeness (QED) is 0.733. The molecule has 2 aromatic rings. The molecule has 1 aromatic heterocycles. The van der Waals surface area contributed by atoms with Crippen molar-refractivity contribution < 1.29 is 18.5 Å². The van der Waals surface area contributed by atoms with Crippen molar-refractivity contribution in [1.29, 1.82) is 0 Å². The van der Waals surface area contributed by atoms with E-state index in [1.807, 2.05) is 0 Å². The van der Waals surface area contributed by atoms with Gasteiger partial charge in [-0.15, -0.1) is 0 Å². The van der Waals surface area contributed by atoms with Crippen molar-refractivity contribution in [3.8, 4) is 11.3 Å². The molecule has 0 spiro atoms. The Kier molecular flexibility index (Phi) is 2.09. The van der Waals surface area contributed by atoms with Crippen LogP contribution in [-0.2, 0) is 11.3 Å². The lowest BCUT2D eigenvalue weighted by molar-refractivity contribution is 0.275. The second-order valence-electron chi connectivity index (χ2n) is 3.66. The van der Waals surface area contributed by atoms with Gasteiger partial charge in [0.2, 0.25) is 0 Å². The Bertz CT molecular complexity index is 524. The maximum atomic E-state index is 13.4. The number of hydrogen-bond donors (Lipinski definition) is 1. The van der Waals surface area contributed by atoms with E-state index in [4.69, 9.17) is 9.07 Å². The summed E-state index contributed by atoms with van der Waals surface area (Å²) in [5, 5.41) is 9.51. The highest BCUT2D eigenvalue weighted by molar-refractivity contribution is 6.61. The summed E-state index contributed by atoms with van der Waals surface area (Å²) < 4.78 is 23.7. The van der Waals surface area contributed by atoms with Gasteiger partial charge in [-0.3, -0.25) is 0 Å². The topological polar surface area (TPSA) is 42.6 Å². The second-order valence-corrected chi connectivity index (χ2v) is 3.66. The molecular weight excluding hydrogens is 210 g/mol. The van der Waals surface area contributed by atoms with Gasteiger partial charge in [0.25, 0.3) is 0 Å². The Morgan fingerprint density at radius 3 is 3.00 bits per heavy atom. The van der Waals surface area contributed by atoms with Gasteiger partial charge in [0.05, 0.1) is 12.9 Å². The Labute approximate surface area is 91.6 Å². The van der Waals surface area contributed by atoms with E-state index in [0.29, 0.717) is 16.8 Å². The van der Waals surface area contributed by atoms with E-state index in [1.54, 1.807) is 12.1 Å². The molecule has 1 aromatic carbocycles. The summed E-state index contributed by atoms with van der Waals surface area (Å²) in [5.74, 6) is 0.170. The first-order chi connectivity index (χ1) is 7.75. The third kappa shape index (κ3) is 1.37. The van der Waals surface area contributed by atoms with Crippen molar-refractivity contribution >= 4 is 12.6 Å². The van der Waals surface area contributed by atoms with Crippen LogP contribution in [0.5, 0.6) is 0 Å². The van der Waals surface area contributed by atoms with Crippen LogP contribution in [0.15, 0.2) is 34.9 Å². The highest BCUT2D eigenvalue weighted by Crippen LogP contribution is 2.27. The van der Waals surface area contributed by atoms with Crippen LogP contribution in [0.3, 0.4) is 0 Å². The Morgan fingerprint density at radius 1 is 1.38 bits per heavy atom. The SMILES string of the molecule is OB1OCc2c1cc(F)cc2-c1ccco1. The fourth-order valence-electron chi connectivity index (χ4n) is 1.94. The van der Waals surface area contributed by atoms with E-state index in [9.17, 15) is 9.41 Å². The molecule has 1 aliphatic heterocycles. The minimum Gasteiger partial charge on any atom is -0.464 e. The van der Waals surface area contributed by atoms with Crippen molar-refractivity contribution in [3.05, 3.63) is 41.9 Å². The van der Waals surface area contributed by atoms with E-state index in [2.05, 4.69) is 0 Å². The lowest BCUT2D eigenvalue weighted by atomic mass is 9.78. The Balaban J connectivity index is 2.23. The molecule has 3 nitrogen and oxygen atoms in total. The summed E-state index contributed by atoms with van der Waals surface area (Å²) in [4.78, 5) is 0. The molecule has 1 N–H and O–H groups in total. The molecule has 0 saturated carbocycles. The Hall–Kier alpha value is -1.59. The highest BCUT2D eigenvalue weighted by atomic mass is 19.1. The van der Waals surface area contributed by atoms with Crippen LogP contribution < -0.4 is 5.46 Å². The first-order valence-electron chi connectivity index (χ1n) is 4.91. The summed E-state index contributed by atoms with van der Waals surface area (Å²) in [6, 6.07) is 6.16. The molecule has 80 valence electrons. The summed E-state index contributed by atoms with van der Waals surface area (Å²) >= 11 is 0. The summed E-state index contributed by atoms with van der Waals surface area (Å²) in [6.45, 7) is 0.271. The van der Waals surface area contributed by atoms with Crippen LogP contribution in [0.4, 0.5) is 4.39 Å². The molecule has 0 atom stereocenters. The van der Waals surface area contributed by atoms with Gasteiger partial charge in [-0.05, 0) is 35.3 Å². The van der Waals surface area contributed by atoms with E-state index in [-0.39, 0.29) is 6.61 Å². The summed E-state index contributed by atoms with van der Waals surface area (Å²) in [5.41, 5.74) is 1.90. The van der Waals surface area contributed by atoms with Gasteiger partial charge in [-0.1, -0.05) is 0 Å². The molecule has 0 unspecified atom stereocenters. The third-order valence-corrected chi connectivity index (χ3v) is 2.69. The number of rotatable bonds is 1. The van der Waals surface area contributed by atoms with Gasteiger partial charge in [0.15, 0.2) is 0 Å².